The average molecular weight is 333 g/mol. The van der Waals surface area contributed by atoms with Crippen molar-refractivity contribution in [3.8, 4) is 16.9 Å². The van der Waals surface area contributed by atoms with E-state index in [0.717, 1.165) is 24.2 Å². The van der Waals surface area contributed by atoms with Gasteiger partial charge >= 0.3 is 0 Å². The van der Waals surface area contributed by atoms with Crippen molar-refractivity contribution >= 4 is 0 Å². The van der Waals surface area contributed by atoms with Crippen LogP contribution in [0.2, 0.25) is 0 Å². The number of nitrogens with zero attached hydrogens (tertiary/aromatic N) is 2. The van der Waals surface area contributed by atoms with Crippen LogP contribution in [0.5, 0.6) is 0 Å². The second-order valence-corrected chi connectivity index (χ2v) is 6.92. The van der Waals surface area contributed by atoms with Crippen molar-refractivity contribution in [3.05, 3.63) is 71.7 Å². The molecule has 2 aromatic carbocycles. The summed E-state index contributed by atoms with van der Waals surface area (Å²) in [5.74, 6) is 1.34. The largest absolute Gasteiger partial charge is 0.392 e. The molecule has 0 bridgehead atoms. The van der Waals surface area contributed by atoms with E-state index in [-0.39, 0.29) is 6.61 Å². The normalized spacial score (nSPS) is 14.2. The van der Waals surface area contributed by atoms with Gasteiger partial charge in [-0.3, -0.25) is 0 Å². The third kappa shape index (κ3) is 3.00. The first kappa shape index (κ1) is 16.1. The zero-order chi connectivity index (χ0) is 17.2. The number of para-hydroxylation sites is 1. The molecule has 25 heavy (non-hydrogen) atoms. The van der Waals surface area contributed by atoms with Gasteiger partial charge in [0, 0.05) is 17.5 Å². The van der Waals surface area contributed by atoms with Gasteiger partial charge in [-0.2, -0.15) is 4.57 Å². The van der Waals surface area contributed by atoms with Crippen LogP contribution in [0.15, 0.2) is 54.7 Å². The molecule has 128 valence electrons. The third-order valence-electron chi connectivity index (χ3n) is 5.18. The molecular weight excluding hydrogens is 308 g/mol. The third-order valence-corrected chi connectivity index (χ3v) is 5.18. The molecule has 3 aromatic rings. The van der Waals surface area contributed by atoms with Gasteiger partial charge in [0.15, 0.2) is 5.69 Å². The molecule has 0 spiro atoms. The number of aliphatic hydroxyl groups excluding tert-OH is 1. The molecule has 0 aliphatic carbocycles. The molecule has 0 unspecified atom stereocenters. The topological polar surface area (TPSA) is 29.0 Å². The minimum atomic E-state index is 0.0632. The maximum atomic E-state index is 9.77. The summed E-state index contributed by atoms with van der Waals surface area (Å²) in [6.45, 7) is 3.25. The molecule has 0 saturated carbocycles. The summed E-state index contributed by atoms with van der Waals surface area (Å²) in [5, 5.41) is 9.77. The minimum Gasteiger partial charge on any atom is -0.392 e. The second kappa shape index (κ2) is 6.85. The van der Waals surface area contributed by atoms with Crippen LogP contribution in [0.1, 0.15) is 36.2 Å². The Bertz CT molecular complexity index is 878. The Morgan fingerprint density at radius 1 is 1.00 bits per heavy atom. The molecule has 2 heterocycles. The standard InChI is InChI=1S/C22H25N2O/c1-17-10-12-18(13-11-17)21-15-24(20-8-5-4-7-19(20)16-25)22-9-3-2-6-14-23(21)22/h4-5,7-8,10-13,15,25H,2-3,6,9,14,16H2,1H3/q+1. The number of hydrogen-bond acceptors (Lipinski definition) is 1. The minimum absolute atomic E-state index is 0.0632. The summed E-state index contributed by atoms with van der Waals surface area (Å²) in [5.41, 5.74) is 5.87. The summed E-state index contributed by atoms with van der Waals surface area (Å²) >= 11 is 0. The van der Waals surface area contributed by atoms with Crippen molar-refractivity contribution in [3.63, 3.8) is 0 Å². The van der Waals surface area contributed by atoms with Gasteiger partial charge in [-0.15, -0.1) is 0 Å². The molecule has 0 amide bonds. The molecule has 3 heteroatoms. The van der Waals surface area contributed by atoms with Gasteiger partial charge in [0.05, 0.1) is 13.2 Å². The van der Waals surface area contributed by atoms with Crippen molar-refractivity contribution in [1.29, 1.82) is 0 Å². The van der Waals surface area contributed by atoms with Crippen molar-refractivity contribution < 1.29 is 9.67 Å². The molecule has 3 nitrogen and oxygen atoms in total. The van der Waals surface area contributed by atoms with Gasteiger partial charge in [-0.1, -0.05) is 48.0 Å². The average Bonchev–Trinajstić information content (AvgIpc) is 2.83. The van der Waals surface area contributed by atoms with E-state index >= 15 is 0 Å². The van der Waals surface area contributed by atoms with E-state index in [4.69, 9.17) is 0 Å². The highest BCUT2D eigenvalue weighted by Gasteiger charge is 2.27. The zero-order valence-corrected chi connectivity index (χ0v) is 14.8. The lowest BCUT2D eigenvalue weighted by Crippen LogP contribution is -2.35. The van der Waals surface area contributed by atoms with Crippen LogP contribution in [-0.2, 0) is 19.6 Å². The van der Waals surface area contributed by atoms with E-state index in [0.29, 0.717) is 0 Å². The van der Waals surface area contributed by atoms with Gasteiger partial charge in [-0.05, 0) is 32.3 Å². The summed E-state index contributed by atoms with van der Waals surface area (Å²) in [6, 6.07) is 16.9. The molecule has 0 fully saturated rings. The second-order valence-electron chi connectivity index (χ2n) is 6.92. The van der Waals surface area contributed by atoms with E-state index in [1.54, 1.807) is 0 Å². The van der Waals surface area contributed by atoms with Gasteiger partial charge in [-0.25, -0.2) is 4.57 Å². The summed E-state index contributed by atoms with van der Waals surface area (Å²) < 4.78 is 4.78. The van der Waals surface area contributed by atoms with Gasteiger partial charge in [0.2, 0.25) is 0 Å². The highest BCUT2D eigenvalue weighted by molar-refractivity contribution is 5.59. The lowest BCUT2D eigenvalue weighted by Gasteiger charge is -2.06. The number of aryl methyl sites for hydroxylation is 1. The summed E-state index contributed by atoms with van der Waals surface area (Å²) in [6.07, 6.45) is 7.04. The van der Waals surface area contributed by atoms with Gasteiger partial charge in [0.25, 0.3) is 5.82 Å². The number of fused-ring (bicyclic) bond motifs is 1. The maximum absolute atomic E-state index is 9.77. The van der Waals surface area contributed by atoms with Crippen LogP contribution in [0.3, 0.4) is 0 Å². The Morgan fingerprint density at radius 2 is 1.80 bits per heavy atom. The molecule has 0 atom stereocenters. The first-order valence-electron chi connectivity index (χ1n) is 9.18. The van der Waals surface area contributed by atoms with Crippen molar-refractivity contribution in [1.82, 2.24) is 4.57 Å². The Labute approximate surface area is 149 Å². The number of rotatable bonds is 3. The maximum Gasteiger partial charge on any atom is 0.262 e. The SMILES string of the molecule is Cc1ccc(-c2c[n+](-c3ccccc3CO)c3n2CCCCC3)cc1. The van der Waals surface area contributed by atoms with E-state index in [1.165, 1.54) is 41.9 Å². The number of imidazole rings is 1. The Balaban J connectivity index is 1.92. The highest BCUT2D eigenvalue weighted by atomic mass is 16.3. The quantitative estimate of drug-likeness (QED) is 0.722. The van der Waals surface area contributed by atoms with Gasteiger partial charge in [0.1, 0.15) is 11.9 Å². The molecule has 1 aromatic heterocycles. The lowest BCUT2D eigenvalue weighted by atomic mass is 10.1. The van der Waals surface area contributed by atoms with Crippen LogP contribution < -0.4 is 4.57 Å². The van der Waals surface area contributed by atoms with Crippen molar-refractivity contribution in [2.24, 2.45) is 0 Å². The van der Waals surface area contributed by atoms with E-state index < -0.39 is 0 Å². The Hall–Kier alpha value is -2.39. The summed E-state index contributed by atoms with van der Waals surface area (Å²) in [4.78, 5) is 0. The van der Waals surface area contributed by atoms with Crippen LogP contribution in [0.4, 0.5) is 0 Å². The van der Waals surface area contributed by atoms with E-state index in [1.807, 2.05) is 18.2 Å². The van der Waals surface area contributed by atoms with Crippen molar-refractivity contribution in [2.45, 2.75) is 45.8 Å². The number of hydrogen-bond donors (Lipinski definition) is 1. The molecule has 0 radical (unpaired) electrons. The van der Waals surface area contributed by atoms with Gasteiger partial charge < -0.3 is 5.11 Å². The Morgan fingerprint density at radius 3 is 2.60 bits per heavy atom. The molecule has 4 rings (SSSR count). The fraction of sp³-hybridized carbons (Fsp3) is 0.318. The van der Waals surface area contributed by atoms with Crippen molar-refractivity contribution in [2.75, 3.05) is 0 Å². The molecule has 0 saturated heterocycles. The summed E-state index contributed by atoms with van der Waals surface area (Å²) in [7, 11) is 0. The lowest BCUT2D eigenvalue weighted by molar-refractivity contribution is -0.604. The number of aromatic nitrogens is 2. The smallest absolute Gasteiger partial charge is 0.262 e. The van der Waals surface area contributed by atoms with Crippen LogP contribution >= 0.6 is 0 Å². The molecular formula is C22H25N2O+. The van der Waals surface area contributed by atoms with E-state index in [9.17, 15) is 5.11 Å². The molecule has 1 aliphatic heterocycles. The first-order valence-corrected chi connectivity index (χ1v) is 9.18. The fourth-order valence-electron chi connectivity index (χ4n) is 3.81. The zero-order valence-electron chi connectivity index (χ0n) is 14.8. The Kier molecular flexibility index (Phi) is 4.41. The first-order chi connectivity index (χ1) is 12.3. The predicted molar refractivity (Wildman–Crippen MR) is 99.6 cm³/mol. The molecule has 1 N–H and O–H groups in total. The highest BCUT2D eigenvalue weighted by Crippen LogP contribution is 2.26. The fourth-order valence-corrected chi connectivity index (χ4v) is 3.81. The van der Waals surface area contributed by atoms with Crippen LogP contribution in [0, 0.1) is 6.92 Å². The number of aliphatic hydroxyl groups is 1. The molecule has 1 aliphatic rings. The van der Waals surface area contributed by atoms with Crippen LogP contribution in [-0.4, -0.2) is 9.67 Å². The van der Waals surface area contributed by atoms with E-state index in [2.05, 4.69) is 52.6 Å². The predicted octanol–water partition coefficient (Wildman–Crippen LogP) is 3.96. The van der Waals surface area contributed by atoms with Crippen LogP contribution in [0.25, 0.3) is 16.9 Å². The number of benzene rings is 2. The monoisotopic (exact) mass is 333 g/mol.